The first-order valence-electron chi connectivity index (χ1n) is 11.2. The van der Waals surface area contributed by atoms with Crippen molar-refractivity contribution in [3.05, 3.63) is 62.9 Å². The van der Waals surface area contributed by atoms with Gasteiger partial charge in [-0.15, -0.1) is 11.6 Å². The van der Waals surface area contributed by atoms with Gasteiger partial charge in [0.25, 0.3) is 5.56 Å². The number of nitrogens with zero attached hydrogens (tertiary/aromatic N) is 1. The van der Waals surface area contributed by atoms with E-state index in [9.17, 15) is 19.5 Å². The van der Waals surface area contributed by atoms with Crippen LogP contribution in [-0.2, 0) is 30.6 Å². The number of ether oxygens (including phenoxy) is 2. The maximum absolute atomic E-state index is 12.4. The molecule has 15 heteroatoms. The Morgan fingerprint density at radius 2 is 1.97 bits per heavy atom. The average molecular weight is 596 g/mol. The number of para-hydroxylation sites is 1. The van der Waals surface area contributed by atoms with Gasteiger partial charge in [-0.25, -0.2) is 9.88 Å². The number of aromatic nitrogens is 2. The standard InChI is InChI=1S/C22H28Cl2N3O8PS/c1-12(2)33-20(29)14(4)26-36(37,35-15-8-6-5-7-9-15)32-11-16-22(24,31)17(23)19(34-16)27-10-13(3)18(28)25-21(27)30/h5-10,12,14,16-17,19,31H,11H2,1-4H3,(H,26,37)(H,25,28,30). The summed E-state index contributed by atoms with van der Waals surface area (Å²) in [7, 11) is 0. The third kappa shape index (κ3) is 7.21. The monoisotopic (exact) mass is 595 g/mol. The number of esters is 1. The molecule has 3 N–H and O–H groups in total. The van der Waals surface area contributed by atoms with Gasteiger partial charge < -0.3 is 23.6 Å². The first-order valence-corrected chi connectivity index (χ1v) is 14.7. The zero-order chi connectivity index (χ0) is 27.5. The van der Waals surface area contributed by atoms with Crippen LogP contribution in [0.1, 0.15) is 32.6 Å². The van der Waals surface area contributed by atoms with Gasteiger partial charge in [-0.2, -0.15) is 0 Å². The predicted molar refractivity (Wildman–Crippen MR) is 142 cm³/mol. The van der Waals surface area contributed by atoms with Gasteiger partial charge in [0.1, 0.15) is 23.3 Å². The second kappa shape index (κ2) is 12.0. The minimum Gasteiger partial charge on any atom is -0.462 e. The molecule has 6 unspecified atom stereocenters. The van der Waals surface area contributed by atoms with Crippen LogP contribution in [0.25, 0.3) is 0 Å². The molecule has 1 aliphatic rings. The van der Waals surface area contributed by atoms with E-state index in [1.54, 1.807) is 51.1 Å². The summed E-state index contributed by atoms with van der Waals surface area (Å²) in [6.45, 7) is 2.58. The molecule has 1 fully saturated rings. The van der Waals surface area contributed by atoms with Crippen LogP contribution in [-0.4, -0.2) is 55.9 Å². The van der Waals surface area contributed by atoms with E-state index in [4.69, 9.17) is 53.5 Å². The molecule has 6 atom stereocenters. The molecule has 1 aromatic carbocycles. The van der Waals surface area contributed by atoms with Crippen LogP contribution >= 0.6 is 29.8 Å². The van der Waals surface area contributed by atoms with Crippen LogP contribution in [0.5, 0.6) is 5.75 Å². The largest absolute Gasteiger partial charge is 0.462 e. The SMILES string of the molecule is Cc1cn(C2OC(COP(=S)(NC(C)C(=O)OC(C)C)Oc3ccccc3)C(O)(Cl)C2Cl)c(=O)[nH]c1=O. The number of aliphatic hydroxyl groups is 1. The third-order valence-electron chi connectivity index (χ3n) is 5.23. The number of nitrogens with one attached hydrogen (secondary N) is 2. The Hall–Kier alpha value is -1.76. The molecule has 0 amide bonds. The van der Waals surface area contributed by atoms with E-state index in [2.05, 4.69) is 10.1 Å². The molecule has 2 heterocycles. The van der Waals surface area contributed by atoms with Crippen molar-refractivity contribution in [2.75, 3.05) is 6.61 Å². The van der Waals surface area contributed by atoms with E-state index in [-0.39, 0.29) is 11.7 Å². The maximum atomic E-state index is 12.4. The zero-order valence-electron chi connectivity index (χ0n) is 20.4. The smallest absolute Gasteiger partial charge is 0.330 e. The highest BCUT2D eigenvalue weighted by Gasteiger charge is 2.56. The Kier molecular flexibility index (Phi) is 9.63. The van der Waals surface area contributed by atoms with Crippen LogP contribution in [0.2, 0.25) is 0 Å². The first-order chi connectivity index (χ1) is 17.2. The molecule has 0 bridgehead atoms. The van der Waals surface area contributed by atoms with Crippen molar-refractivity contribution >= 4 is 47.6 Å². The number of carbonyl (C=O) groups excluding carboxylic acids is 1. The molecule has 3 rings (SSSR count). The van der Waals surface area contributed by atoms with Gasteiger partial charge in [0.05, 0.1) is 12.7 Å². The molecule has 1 aliphatic heterocycles. The molecule has 0 spiro atoms. The lowest BCUT2D eigenvalue weighted by Gasteiger charge is -2.29. The number of hydrogen-bond donors (Lipinski definition) is 3. The second-order valence-electron chi connectivity index (χ2n) is 8.66. The van der Waals surface area contributed by atoms with Gasteiger partial charge in [-0.05, 0) is 51.6 Å². The summed E-state index contributed by atoms with van der Waals surface area (Å²) in [5.74, 6) is -0.191. The summed E-state index contributed by atoms with van der Waals surface area (Å²) in [5.41, 5.74) is -1.14. The van der Waals surface area contributed by atoms with Crippen molar-refractivity contribution in [1.82, 2.24) is 14.6 Å². The normalized spacial score (nSPS) is 26.0. The molecular weight excluding hydrogens is 568 g/mol. The van der Waals surface area contributed by atoms with Gasteiger partial charge in [0.2, 0.25) is 0 Å². The van der Waals surface area contributed by atoms with Crippen LogP contribution < -0.4 is 20.9 Å². The third-order valence-corrected chi connectivity index (χ3v) is 8.87. The van der Waals surface area contributed by atoms with Gasteiger partial charge >= 0.3 is 18.3 Å². The highest BCUT2D eigenvalue weighted by atomic mass is 35.5. The fourth-order valence-corrected chi connectivity index (χ4v) is 6.30. The topological polar surface area (TPSA) is 141 Å². The fraction of sp³-hybridized carbons (Fsp3) is 0.500. The van der Waals surface area contributed by atoms with Crippen LogP contribution in [0.4, 0.5) is 0 Å². The van der Waals surface area contributed by atoms with Crippen molar-refractivity contribution in [2.24, 2.45) is 0 Å². The van der Waals surface area contributed by atoms with Gasteiger partial charge in [-0.1, -0.05) is 29.8 Å². The van der Waals surface area contributed by atoms with Gasteiger partial charge in [0.15, 0.2) is 11.3 Å². The van der Waals surface area contributed by atoms with Crippen LogP contribution in [0.15, 0.2) is 46.1 Å². The highest BCUT2D eigenvalue weighted by Crippen LogP contribution is 2.49. The quantitative estimate of drug-likeness (QED) is 0.213. The average Bonchev–Trinajstić information content (AvgIpc) is 3.03. The molecule has 1 aromatic heterocycles. The van der Waals surface area contributed by atoms with Crippen molar-refractivity contribution in [2.45, 2.75) is 62.6 Å². The van der Waals surface area contributed by atoms with Crippen molar-refractivity contribution in [3.8, 4) is 5.75 Å². The van der Waals surface area contributed by atoms with E-state index >= 15 is 0 Å². The predicted octanol–water partition coefficient (Wildman–Crippen LogP) is 2.53. The number of H-pyrrole nitrogens is 1. The van der Waals surface area contributed by atoms with Gasteiger partial charge in [0, 0.05) is 11.8 Å². The zero-order valence-corrected chi connectivity index (χ0v) is 23.6. The summed E-state index contributed by atoms with van der Waals surface area (Å²) in [6, 6.07) is 7.67. The molecule has 1 saturated heterocycles. The molecule has 0 radical (unpaired) electrons. The number of aryl methyl sites for hydroxylation is 1. The fourth-order valence-electron chi connectivity index (χ4n) is 3.35. The molecule has 37 heavy (non-hydrogen) atoms. The first kappa shape index (κ1) is 29.8. The molecule has 0 aliphatic carbocycles. The highest BCUT2D eigenvalue weighted by molar-refractivity contribution is 8.09. The summed E-state index contributed by atoms with van der Waals surface area (Å²) < 4.78 is 23.9. The van der Waals surface area contributed by atoms with E-state index in [1.807, 2.05) is 0 Å². The van der Waals surface area contributed by atoms with Crippen LogP contribution in [0.3, 0.4) is 0 Å². The molecule has 11 nitrogen and oxygen atoms in total. The number of halogens is 2. The maximum Gasteiger partial charge on any atom is 0.330 e. The number of hydrogen-bond acceptors (Lipinski definition) is 9. The Morgan fingerprint density at radius 1 is 1.32 bits per heavy atom. The van der Waals surface area contributed by atoms with Gasteiger partial charge in [-0.3, -0.25) is 19.1 Å². The molecule has 2 aromatic rings. The Morgan fingerprint density at radius 3 is 2.59 bits per heavy atom. The molecule has 204 valence electrons. The lowest BCUT2D eigenvalue weighted by Crippen LogP contribution is -2.43. The van der Waals surface area contributed by atoms with E-state index in [0.717, 1.165) is 4.57 Å². The number of rotatable bonds is 10. The van der Waals surface area contributed by atoms with E-state index in [0.29, 0.717) is 5.75 Å². The Bertz CT molecular complexity index is 1270. The lowest BCUT2D eigenvalue weighted by molar-refractivity contribution is -0.149. The number of aromatic amines is 1. The minimum absolute atomic E-state index is 0.225. The summed E-state index contributed by atoms with van der Waals surface area (Å²) in [5, 5.41) is 10.3. The van der Waals surface area contributed by atoms with E-state index < -0.39 is 59.3 Å². The van der Waals surface area contributed by atoms with Crippen molar-refractivity contribution in [1.29, 1.82) is 0 Å². The van der Waals surface area contributed by atoms with Crippen molar-refractivity contribution < 1.29 is 28.4 Å². The number of benzene rings is 1. The van der Waals surface area contributed by atoms with Crippen molar-refractivity contribution in [3.63, 3.8) is 0 Å². The Balaban J connectivity index is 1.82. The number of carbonyl (C=O) groups is 1. The van der Waals surface area contributed by atoms with E-state index in [1.165, 1.54) is 13.1 Å². The molecule has 0 saturated carbocycles. The summed E-state index contributed by atoms with van der Waals surface area (Å²) in [6.07, 6.45) is -1.60. The lowest BCUT2D eigenvalue weighted by atomic mass is 10.1. The van der Waals surface area contributed by atoms with Crippen LogP contribution in [0, 0.1) is 6.92 Å². The summed E-state index contributed by atoms with van der Waals surface area (Å²) >= 11 is 18.4. The second-order valence-corrected chi connectivity index (χ2v) is 12.9. The summed E-state index contributed by atoms with van der Waals surface area (Å²) in [4.78, 5) is 38.6. The Labute approximate surface area is 228 Å². The molecular formula is C22H28Cl2N3O8PS. The minimum atomic E-state index is -3.47. The number of alkyl halides is 2.